The molecule has 0 atom stereocenters. The highest BCUT2D eigenvalue weighted by Crippen LogP contribution is 2.28. The van der Waals surface area contributed by atoms with Gasteiger partial charge in [-0.2, -0.15) is 0 Å². The maximum atomic E-state index is 12.1. The van der Waals surface area contributed by atoms with Gasteiger partial charge in [0.1, 0.15) is 11.4 Å². The first kappa shape index (κ1) is 17.5. The fraction of sp³-hybridized carbons (Fsp3) is 0.588. The van der Waals surface area contributed by atoms with Gasteiger partial charge in [-0.25, -0.2) is 0 Å². The fourth-order valence-corrected chi connectivity index (χ4v) is 1.94. The molecule has 1 amide bonds. The Labute approximate surface area is 127 Å². The van der Waals surface area contributed by atoms with Crippen LogP contribution in [0.15, 0.2) is 12.1 Å². The number of benzene rings is 1. The molecule has 118 valence electrons. The summed E-state index contributed by atoms with van der Waals surface area (Å²) in [5, 5.41) is 2.89. The first-order chi connectivity index (χ1) is 9.81. The molecule has 0 aliphatic carbocycles. The van der Waals surface area contributed by atoms with Crippen LogP contribution in [0.4, 0.5) is 5.69 Å². The van der Waals surface area contributed by atoms with Crippen LogP contribution in [0.5, 0.6) is 5.75 Å². The Hall–Kier alpha value is -1.55. The maximum Gasteiger partial charge on any atom is 0.256 e. The van der Waals surface area contributed by atoms with Crippen LogP contribution in [0, 0.1) is 13.8 Å². The Morgan fingerprint density at radius 2 is 1.81 bits per heavy atom. The number of carbonyl (C=O) groups is 1. The molecule has 0 saturated carbocycles. The summed E-state index contributed by atoms with van der Waals surface area (Å²) in [6.45, 7) is 10.3. The van der Waals surface area contributed by atoms with Crippen LogP contribution in [-0.4, -0.2) is 25.2 Å². The van der Waals surface area contributed by atoms with Crippen LogP contribution in [0.1, 0.15) is 44.7 Å². The van der Waals surface area contributed by atoms with Gasteiger partial charge in [-0.15, -0.1) is 0 Å². The molecule has 0 fully saturated rings. The third-order valence-corrected chi connectivity index (χ3v) is 3.52. The normalized spacial score (nSPS) is 11.3. The van der Waals surface area contributed by atoms with Crippen LogP contribution < -0.4 is 10.1 Å². The number of hydrogen-bond donors (Lipinski definition) is 1. The molecule has 1 rings (SSSR count). The second kappa shape index (κ2) is 7.46. The van der Waals surface area contributed by atoms with Crippen LogP contribution >= 0.6 is 0 Å². The molecule has 1 aromatic carbocycles. The van der Waals surface area contributed by atoms with Gasteiger partial charge in [0.25, 0.3) is 5.91 Å². The molecule has 21 heavy (non-hydrogen) atoms. The van der Waals surface area contributed by atoms with Crippen LogP contribution in [0.3, 0.4) is 0 Å². The lowest BCUT2D eigenvalue weighted by Gasteiger charge is -2.22. The molecule has 0 bridgehead atoms. The minimum Gasteiger partial charge on any atom is -0.493 e. The van der Waals surface area contributed by atoms with Gasteiger partial charge < -0.3 is 14.8 Å². The number of amides is 1. The van der Waals surface area contributed by atoms with Crippen molar-refractivity contribution >= 4 is 11.6 Å². The van der Waals surface area contributed by atoms with Gasteiger partial charge in [-0.1, -0.05) is 13.3 Å². The van der Waals surface area contributed by atoms with Gasteiger partial charge in [0.05, 0.1) is 6.61 Å². The monoisotopic (exact) mass is 293 g/mol. The highest BCUT2D eigenvalue weighted by atomic mass is 16.5. The zero-order valence-electron chi connectivity index (χ0n) is 14.0. The van der Waals surface area contributed by atoms with E-state index in [2.05, 4.69) is 12.2 Å². The van der Waals surface area contributed by atoms with E-state index in [0.29, 0.717) is 0 Å². The number of aryl methyl sites for hydroxylation is 2. The SMILES string of the molecule is CCCCOc1c(C)cc(NC(=O)C(C)(C)OC)cc1C. The van der Waals surface area contributed by atoms with Crippen molar-refractivity contribution in [2.45, 2.75) is 53.1 Å². The molecule has 0 aliphatic rings. The summed E-state index contributed by atoms with van der Waals surface area (Å²) >= 11 is 0. The number of anilines is 1. The highest BCUT2D eigenvalue weighted by Gasteiger charge is 2.27. The Morgan fingerprint density at radius 3 is 2.29 bits per heavy atom. The van der Waals surface area contributed by atoms with Gasteiger partial charge in [0.2, 0.25) is 0 Å². The summed E-state index contributed by atoms with van der Waals surface area (Å²) < 4.78 is 11.0. The van der Waals surface area contributed by atoms with E-state index >= 15 is 0 Å². The van der Waals surface area contributed by atoms with Crippen molar-refractivity contribution in [2.24, 2.45) is 0 Å². The summed E-state index contributed by atoms with van der Waals surface area (Å²) in [5.41, 5.74) is 1.97. The van der Waals surface area contributed by atoms with Crippen molar-refractivity contribution in [2.75, 3.05) is 19.0 Å². The van der Waals surface area contributed by atoms with Gasteiger partial charge in [-0.05, 0) is 57.4 Å². The number of methoxy groups -OCH3 is 1. The summed E-state index contributed by atoms with van der Waals surface area (Å²) in [6, 6.07) is 3.86. The lowest BCUT2D eigenvalue weighted by molar-refractivity contribution is -0.133. The fourth-order valence-electron chi connectivity index (χ4n) is 1.94. The summed E-state index contributed by atoms with van der Waals surface area (Å²) in [4.78, 5) is 12.1. The van der Waals surface area contributed by atoms with Crippen molar-refractivity contribution < 1.29 is 14.3 Å². The maximum absolute atomic E-state index is 12.1. The van der Waals surface area contributed by atoms with Crippen LogP contribution in [0.2, 0.25) is 0 Å². The van der Waals surface area contributed by atoms with Crippen molar-refractivity contribution in [1.82, 2.24) is 0 Å². The predicted molar refractivity (Wildman–Crippen MR) is 86.0 cm³/mol. The Morgan fingerprint density at radius 1 is 1.24 bits per heavy atom. The Bertz CT molecular complexity index is 472. The quantitative estimate of drug-likeness (QED) is 0.777. The van der Waals surface area contributed by atoms with Gasteiger partial charge in [-0.3, -0.25) is 4.79 Å². The molecular formula is C17H27NO3. The smallest absolute Gasteiger partial charge is 0.256 e. The highest BCUT2D eigenvalue weighted by molar-refractivity contribution is 5.97. The Balaban J connectivity index is 2.86. The van der Waals surface area contributed by atoms with Crippen LogP contribution in [0.25, 0.3) is 0 Å². The van der Waals surface area contributed by atoms with Crippen LogP contribution in [-0.2, 0) is 9.53 Å². The lowest BCUT2D eigenvalue weighted by Crippen LogP contribution is -2.38. The number of hydrogen-bond acceptors (Lipinski definition) is 3. The molecule has 1 aromatic rings. The van der Waals surface area contributed by atoms with Gasteiger partial charge in [0, 0.05) is 12.8 Å². The third-order valence-electron chi connectivity index (χ3n) is 3.52. The lowest BCUT2D eigenvalue weighted by atomic mass is 10.1. The molecule has 0 spiro atoms. The molecule has 4 nitrogen and oxygen atoms in total. The van der Waals surface area contributed by atoms with Gasteiger partial charge >= 0.3 is 0 Å². The zero-order chi connectivity index (χ0) is 16.0. The first-order valence-electron chi connectivity index (χ1n) is 7.42. The average molecular weight is 293 g/mol. The van der Waals surface area contributed by atoms with E-state index in [4.69, 9.17) is 9.47 Å². The standard InChI is InChI=1S/C17H27NO3/c1-7-8-9-21-15-12(2)10-14(11-13(15)3)18-16(19)17(4,5)20-6/h10-11H,7-9H2,1-6H3,(H,18,19). The summed E-state index contributed by atoms with van der Waals surface area (Å²) in [6.07, 6.45) is 2.15. The molecular weight excluding hydrogens is 266 g/mol. The zero-order valence-corrected chi connectivity index (χ0v) is 14.0. The number of nitrogens with one attached hydrogen (secondary N) is 1. The second-order valence-electron chi connectivity index (χ2n) is 5.81. The molecule has 0 saturated heterocycles. The summed E-state index contributed by atoms with van der Waals surface area (Å²) in [7, 11) is 1.53. The van der Waals surface area contributed by atoms with E-state index in [1.165, 1.54) is 7.11 Å². The number of unbranched alkanes of at least 4 members (excludes halogenated alkanes) is 1. The minimum atomic E-state index is -0.849. The van der Waals surface area contributed by atoms with Crippen molar-refractivity contribution in [3.05, 3.63) is 23.3 Å². The number of carbonyl (C=O) groups excluding carboxylic acids is 1. The Kier molecular flexibility index (Phi) is 6.21. The second-order valence-corrected chi connectivity index (χ2v) is 5.81. The molecule has 0 heterocycles. The van der Waals surface area contributed by atoms with E-state index < -0.39 is 5.60 Å². The molecule has 4 heteroatoms. The van der Waals surface area contributed by atoms with E-state index in [9.17, 15) is 4.79 Å². The molecule has 0 radical (unpaired) electrons. The molecule has 1 N–H and O–H groups in total. The van der Waals surface area contributed by atoms with E-state index in [-0.39, 0.29) is 5.91 Å². The minimum absolute atomic E-state index is 0.163. The summed E-state index contributed by atoms with van der Waals surface area (Å²) in [5.74, 6) is 0.746. The molecule has 0 aromatic heterocycles. The number of rotatable bonds is 7. The van der Waals surface area contributed by atoms with Crippen molar-refractivity contribution in [3.8, 4) is 5.75 Å². The van der Waals surface area contributed by atoms with E-state index in [0.717, 1.165) is 42.0 Å². The van der Waals surface area contributed by atoms with E-state index in [1.807, 2.05) is 26.0 Å². The van der Waals surface area contributed by atoms with Crippen molar-refractivity contribution in [3.63, 3.8) is 0 Å². The first-order valence-corrected chi connectivity index (χ1v) is 7.42. The number of ether oxygens (including phenoxy) is 2. The predicted octanol–water partition coefficient (Wildman–Crippen LogP) is 3.85. The molecule has 0 aliphatic heterocycles. The van der Waals surface area contributed by atoms with Gasteiger partial charge in [0.15, 0.2) is 0 Å². The van der Waals surface area contributed by atoms with E-state index in [1.54, 1.807) is 13.8 Å². The third kappa shape index (κ3) is 4.74. The average Bonchev–Trinajstić information content (AvgIpc) is 2.41. The molecule has 0 unspecified atom stereocenters. The topological polar surface area (TPSA) is 47.6 Å². The van der Waals surface area contributed by atoms with Crippen molar-refractivity contribution in [1.29, 1.82) is 0 Å². The largest absolute Gasteiger partial charge is 0.493 e.